The number of carbonyl (C=O) groups is 2. The van der Waals surface area contributed by atoms with Crippen LogP contribution in [0, 0.1) is 23.5 Å². The number of carbonyl (C=O) groups excluding carboxylic acids is 2. The van der Waals surface area contributed by atoms with E-state index in [-0.39, 0.29) is 6.42 Å². The van der Waals surface area contributed by atoms with Crippen LogP contribution in [0.15, 0.2) is 0 Å². The zero-order chi connectivity index (χ0) is 17.7. The molecule has 2 atom stereocenters. The molecule has 5 nitrogen and oxygen atoms in total. The van der Waals surface area contributed by atoms with Crippen LogP contribution in [0.3, 0.4) is 0 Å². The molecule has 5 heteroatoms. The number of imide groups is 1. The lowest BCUT2D eigenvalue weighted by atomic mass is 9.86. The van der Waals surface area contributed by atoms with Gasteiger partial charge in [-0.05, 0) is 45.6 Å². The molecule has 1 fully saturated rings. The van der Waals surface area contributed by atoms with Crippen LogP contribution in [0.1, 0.15) is 66.2 Å². The van der Waals surface area contributed by atoms with E-state index in [1.807, 2.05) is 13.8 Å². The highest BCUT2D eigenvalue weighted by molar-refractivity contribution is 5.88. The predicted octanol–water partition coefficient (Wildman–Crippen LogP) is 3.18. The van der Waals surface area contributed by atoms with Crippen molar-refractivity contribution in [3.63, 3.8) is 0 Å². The Hall–Kier alpha value is -0.780. The summed E-state index contributed by atoms with van der Waals surface area (Å²) < 4.78 is -1.29. The molecule has 0 bridgehead atoms. The molecule has 133 valence electrons. The number of quaternary nitrogens is 1. The Morgan fingerprint density at radius 3 is 2.52 bits per heavy atom. The number of rotatable bonds is 6. The van der Waals surface area contributed by atoms with Crippen LogP contribution < -0.4 is 5.32 Å². The molecule has 23 heavy (non-hydrogen) atoms. The number of amides is 2. The zero-order valence-electron chi connectivity index (χ0n) is 15.2. The standard InChI is InChI=1S/C18H33N2O3/c1-6-18(4,5)17(22)20(23,16(21)10-9-14(2)3)15-8-7-12-19-13-11-15/h14-15,19H,1,6-13H2,2-5H3. The highest BCUT2D eigenvalue weighted by atomic mass is 16.6. The lowest BCUT2D eigenvalue weighted by Gasteiger charge is -2.46. The summed E-state index contributed by atoms with van der Waals surface area (Å²) in [6.45, 7) is 12.8. The van der Waals surface area contributed by atoms with Gasteiger partial charge in [0.25, 0.3) is 0 Å². The SMILES string of the molecule is [CH2]CC(C)(C)C(=O)[N+]([O-])(C(=O)CCC(C)C)C1CCCNCC1. The van der Waals surface area contributed by atoms with Gasteiger partial charge in [-0.15, -0.1) is 0 Å². The van der Waals surface area contributed by atoms with E-state index in [9.17, 15) is 14.8 Å². The molecule has 0 aromatic rings. The average Bonchev–Trinajstić information content (AvgIpc) is 2.80. The van der Waals surface area contributed by atoms with Gasteiger partial charge in [-0.1, -0.05) is 20.8 Å². The minimum Gasteiger partial charge on any atom is -0.617 e. The third kappa shape index (κ3) is 4.85. The average molecular weight is 325 g/mol. The first-order valence-corrected chi connectivity index (χ1v) is 8.84. The summed E-state index contributed by atoms with van der Waals surface area (Å²) in [7, 11) is 0. The Morgan fingerprint density at radius 1 is 1.30 bits per heavy atom. The Bertz CT molecular complexity index is 412. The van der Waals surface area contributed by atoms with Gasteiger partial charge in [0.05, 0.1) is 11.8 Å². The van der Waals surface area contributed by atoms with E-state index in [1.165, 1.54) is 0 Å². The number of nitrogens with zero attached hydrogens (tertiary/aromatic N) is 1. The normalized spacial score (nSPS) is 22.5. The summed E-state index contributed by atoms with van der Waals surface area (Å²) in [4.78, 5) is 25.8. The van der Waals surface area contributed by atoms with Crippen molar-refractivity contribution >= 4 is 11.8 Å². The number of hydroxylamine groups is 3. The van der Waals surface area contributed by atoms with E-state index in [0.717, 1.165) is 13.0 Å². The van der Waals surface area contributed by atoms with Gasteiger partial charge >= 0.3 is 11.8 Å². The Kier molecular flexibility index (Phi) is 7.36. The molecule has 1 rings (SSSR count). The maximum Gasteiger partial charge on any atom is 0.326 e. The summed E-state index contributed by atoms with van der Waals surface area (Å²) in [6.07, 6.45) is 3.13. The first-order chi connectivity index (χ1) is 10.7. The molecule has 1 N–H and O–H groups in total. The van der Waals surface area contributed by atoms with Crippen molar-refractivity contribution in [1.29, 1.82) is 0 Å². The predicted molar refractivity (Wildman–Crippen MR) is 92.0 cm³/mol. The summed E-state index contributed by atoms with van der Waals surface area (Å²) in [5, 5.41) is 16.9. The molecule has 0 aromatic carbocycles. The number of hydrogen-bond donors (Lipinski definition) is 1. The molecule has 0 aromatic heterocycles. The first-order valence-electron chi connectivity index (χ1n) is 8.84. The third-order valence-electron chi connectivity index (χ3n) is 4.87. The van der Waals surface area contributed by atoms with Gasteiger partial charge in [-0.3, -0.25) is 0 Å². The molecular formula is C18H33N2O3. The van der Waals surface area contributed by atoms with Crippen molar-refractivity contribution in [3.05, 3.63) is 12.1 Å². The van der Waals surface area contributed by atoms with Crippen LogP contribution in [0.5, 0.6) is 0 Å². The van der Waals surface area contributed by atoms with Crippen LogP contribution in [0.2, 0.25) is 0 Å². The summed E-state index contributed by atoms with van der Waals surface area (Å²) in [5.41, 5.74) is -0.880. The minimum absolute atomic E-state index is 0.171. The molecule has 0 saturated carbocycles. The summed E-state index contributed by atoms with van der Waals surface area (Å²) in [6, 6.07) is -0.469. The van der Waals surface area contributed by atoms with Crippen molar-refractivity contribution in [3.8, 4) is 0 Å². The van der Waals surface area contributed by atoms with E-state index in [0.29, 0.717) is 38.1 Å². The topological polar surface area (TPSA) is 69.2 Å². The minimum atomic E-state index is -1.29. The van der Waals surface area contributed by atoms with Crippen LogP contribution >= 0.6 is 0 Å². The van der Waals surface area contributed by atoms with E-state index in [1.54, 1.807) is 13.8 Å². The Balaban J connectivity index is 3.12. The third-order valence-corrected chi connectivity index (χ3v) is 4.87. The molecule has 0 spiro atoms. The quantitative estimate of drug-likeness (QED) is 0.601. The molecular weight excluding hydrogens is 292 g/mol. The van der Waals surface area contributed by atoms with E-state index in [4.69, 9.17) is 0 Å². The lowest BCUT2D eigenvalue weighted by molar-refractivity contribution is -0.760. The van der Waals surface area contributed by atoms with E-state index < -0.39 is 27.9 Å². The van der Waals surface area contributed by atoms with Gasteiger partial charge in [-0.25, -0.2) is 14.2 Å². The maximum absolute atomic E-state index is 13.6. The van der Waals surface area contributed by atoms with Crippen LogP contribution in [-0.4, -0.2) is 35.6 Å². The summed E-state index contributed by atoms with van der Waals surface area (Å²) >= 11 is 0. The summed E-state index contributed by atoms with van der Waals surface area (Å²) in [5.74, 6) is -0.663. The fourth-order valence-electron chi connectivity index (χ4n) is 2.98. The van der Waals surface area contributed by atoms with E-state index >= 15 is 0 Å². The lowest BCUT2D eigenvalue weighted by Crippen LogP contribution is -2.62. The second kappa shape index (κ2) is 8.36. The number of nitrogens with one attached hydrogen (secondary N) is 1. The number of hydrogen-bond acceptors (Lipinski definition) is 4. The van der Waals surface area contributed by atoms with Crippen LogP contribution in [0.25, 0.3) is 0 Å². The van der Waals surface area contributed by atoms with Gasteiger partial charge in [-0.2, -0.15) is 0 Å². The molecule has 1 aliphatic heterocycles. The Morgan fingerprint density at radius 2 is 1.96 bits per heavy atom. The first kappa shape index (κ1) is 20.3. The molecule has 0 aliphatic carbocycles. The largest absolute Gasteiger partial charge is 0.617 e. The maximum atomic E-state index is 13.6. The van der Waals surface area contributed by atoms with Crippen LogP contribution in [0.4, 0.5) is 0 Å². The highest BCUT2D eigenvalue weighted by Gasteiger charge is 2.48. The van der Waals surface area contributed by atoms with Crippen LogP contribution in [-0.2, 0) is 9.59 Å². The van der Waals surface area contributed by atoms with E-state index in [2.05, 4.69) is 12.2 Å². The monoisotopic (exact) mass is 325 g/mol. The van der Waals surface area contributed by atoms with Crippen molar-refractivity contribution in [2.24, 2.45) is 11.3 Å². The van der Waals surface area contributed by atoms with Gasteiger partial charge in [0.2, 0.25) is 0 Å². The van der Waals surface area contributed by atoms with Gasteiger partial charge in [0.1, 0.15) is 6.04 Å². The van der Waals surface area contributed by atoms with Gasteiger partial charge in [0.15, 0.2) is 0 Å². The Labute approximate surface area is 141 Å². The van der Waals surface area contributed by atoms with Crippen molar-refractivity contribution in [2.45, 2.75) is 72.3 Å². The molecule has 2 unspecified atom stereocenters. The molecule has 1 radical (unpaired) electrons. The molecule has 1 saturated heterocycles. The molecule has 2 amide bonds. The van der Waals surface area contributed by atoms with Crippen molar-refractivity contribution in [1.82, 2.24) is 5.32 Å². The fraction of sp³-hybridized carbons (Fsp3) is 0.833. The second-order valence-electron chi connectivity index (χ2n) is 7.76. The van der Waals surface area contributed by atoms with Crippen molar-refractivity contribution < 1.29 is 14.2 Å². The highest BCUT2D eigenvalue weighted by Crippen LogP contribution is 2.33. The second-order valence-corrected chi connectivity index (χ2v) is 7.76. The zero-order valence-corrected chi connectivity index (χ0v) is 15.2. The smallest absolute Gasteiger partial charge is 0.326 e. The fourth-order valence-corrected chi connectivity index (χ4v) is 2.98. The molecule has 1 heterocycles. The van der Waals surface area contributed by atoms with Gasteiger partial charge in [0, 0.05) is 19.4 Å². The van der Waals surface area contributed by atoms with Gasteiger partial charge < -0.3 is 10.5 Å². The molecule has 1 aliphatic rings. The van der Waals surface area contributed by atoms with Crippen molar-refractivity contribution in [2.75, 3.05) is 13.1 Å².